The third-order valence-corrected chi connectivity index (χ3v) is 2.74. The van der Waals surface area contributed by atoms with Gasteiger partial charge in [0.15, 0.2) is 9.84 Å². The molecule has 76 valence electrons. The summed E-state index contributed by atoms with van der Waals surface area (Å²) in [5, 5.41) is 17.7. The van der Waals surface area contributed by atoms with E-state index in [1.165, 1.54) is 0 Å². The number of sulfone groups is 1. The van der Waals surface area contributed by atoms with Crippen LogP contribution < -0.4 is 0 Å². The maximum Gasteiger partial charge on any atom is 0.339 e. The van der Waals surface area contributed by atoms with Crippen LogP contribution >= 0.6 is 0 Å². The maximum absolute atomic E-state index is 11.0. The zero-order valence-electron chi connectivity index (χ0n) is 7.26. The van der Waals surface area contributed by atoms with Crippen molar-refractivity contribution in [2.45, 2.75) is 4.90 Å². The fourth-order valence-corrected chi connectivity index (χ4v) is 1.56. The van der Waals surface area contributed by atoms with Gasteiger partial charge in [-0.2, -0.15) is 0 Å². The first-order valence-corrected chi connectivity index (χ1v) is 5.48. The van der Waals surface area contributed by atoms with Gasteiger partial charge >= 0.3 is 5.97 Å². The van der Waals surface area contributed by atoms with Gasteiger partial charge in [0.05, 0.1) is 4.90 Å². The predicted octanol–water partition coefficient (Wildman–Crippen LogP) is 0.494. The summed E-state index contributed by atoms with van der Waals surface area (Å²) in [6.45, 7) is 0. The van der Waals surface area contributed by atoms with E-state index in [4.69, 9.17) is 10.2 Å². The zero-order chi connectivity index (χ0) is 10.9. The SMILES string of the molecule is CS(=O)(=O)c1ccc(O)c(C(=O)O)c1. The van der Waals surface area contributed by atoms with E-state index in [-0.39, 0.29) is 4.90 Å². The molecule has 0 aliphatic heterocycles. The van der Waals surface area contributed by atoms with Gasteiger partial charge in [-0.3, -0.25) is 0 Å². The largest absolute Gasteiger partial charge is 0.507 e. The van der Waals surface area contributed by atoms with Gasteiger partial charge < -0.3 is 10.2 Å². The molecule has 0 spiro atoms. The number of phenols is 1. The van der Waals surface area contributed by atoms with Crippen molar-refractivity contribution in [3.8, 4) is 5.75 Å². The Labute approximate surface area is 80.5 Å². The Morgan fingerprint density at radius 2 is 1.93 bits per heavy atom. The first-order chi connectivity index (χ1) is 6.32. The fraction of sp³-hybridized carbons (Fsp3) is 0.125. The van der Waals surface area contributed by atoms with Crippen molar-refractivity contribution in [2.24, 2.45) is 0 Å². The molecule has 0 atom stereocenters. The minimum atomic E-state index is -3.45. The van der Waals surface area contributed by atoms with Crippen molar-refractivity contribution in [2.75, 3.05) is 6.26 Å². The summed E-state index contributed by atoms with van der Waals surface area (Å²) in [5.41, 5.74) is -0.423. The number of carbonyl (C=O) groups is 1. The van der Waals surface area contributed by atoms with Crippen molar-refractivity contribution in [1.82, 2.24) is 0 Å². The number of rotatable bonds is 2. The lowest BCUT2D eigenvalue weighted by Gasteiger charge is -2.02. The summed E-state index contributed by atoms with van der Waals surface area (Å²) in [7, 11) is -3.45. The van der Waals surface area contributed by atoms with Crippen LogP contribution in [0.5, 0.6) is 5.75 Å². The lowest BCUT2D eigenvalue weighted by molar-refractivity contribution is 0.0693. The number of carboxylic acid groups (broad SMARTS) is 1. The van der Waals surface area contributed by atoms with Gasteiger partial charge in [0.1, 0.15) is 11.3 Å². The average Bonchev–Trinajstić information content (AvgIpc) is 2.02. The van der Waals surface area contributed by atoms with Crippen molar-refractivity contribution in [3.05, 3.63) is 23.8 Å². The van der Waals surface area contributed by atoms with E-state index in [0.29, 0.717) is 0 Å². The maximum atomic E-state index is 11.0. The topological polar surface area (TPSA) is 91.7 Å². The first-order valence-electron chi connectivity index (χ1n) is 3.59. The molecule has 0 unspecified atom stereocenters. The number of hydrogen-bond acceptors (Lipinski definition) is 4. The molecule has 0 saturated heterocycles. The van der Waals surface area contributed by atoms with Crippen LogP contribution in [-0.4, -0.2) is 30.9 Å². The molecular weight excluding hydrogens is 208 g/mol. The van der Waals surface area contributed by atoms with Crippen LogP contribution in [-0.2, 0) is 9.84 Å². The van der Waals surface area contributed by atoms with Gasteiger partial charge in [-0.05, 0) is 18.2 Å². The second-order valence-electron chi connectivity index (χ2n) is 2.76. The standard InChI is InChI=1S/C8H8O5S/c1-14(12,13)5-2-3-7(9)6(4-5)8(10)11/h2-4,9H,1H3,(H,10,11). The number of aromatic carboxylic acids is 1. The summed E-state index contributed by atoms with van der Waals surface area (Å²) in [6.07, 6.45) is 0.963. The lowest BCUT2D eigenvalue weighted by Crippen LogP contribution is -2.02. The summed E-state index contributed by atoms with van der Waals surface area (Å²) in [5.74, 6) is -1.82. The molecule has 6 heteroatoms. The summed E-state index contributed by atoms with van der Waals surface area (Å²) < 4.78 is 22.1. The Bertz CT molecular complexity index is 475. The summed E-state index contributed by atoms with van der Waals surface area (Å²) in [6, 6.07) is 3.12. The molecule has 0 radical (unpaired) electrons. The van der Waals surface area contributed by atoms with Gasteiger partial charge in [0.25, 0.3) is 0 Å². The summed E-state index contributed by atoms with van der Waals surface area (Å²) in [4.78, 5) is 10.4. The van der Waals surface area contributed by atoms with Gasteiger partial charge in [-0.1, -0.05) is 0 Å². The Morgan fingerprint density at radius 1 is 1.36 bits per heavy atom. The van der Waals surface area contributed by atoms with Crippen LogP contribution in [0.2, 0.25) is 0 Å². The van der Waals surface area contributed by atoms with Gasteiger partial charge in [-0.25, -0.2) is 13.2 Å². The Balaban J connectivity index is 3.42. The van der Waals surface area contributed by atoms with E-state index >= 15 is 0 Å². The van der Waals surface area contributed by atoms with E-state index in [1.54, 1.807) is 0 Å². The number of benzene rings is 1. The fourth-order valence-electron chi connectivity index (χ4n) is 0.917. The summed E-state index contributed by atoms with van der Waals surface area (Å²) >= 11 is 0. The van der Waals surface area contributed by atoms with Gasteiger partial charge in [0.2, 0.25) is 0 Å². The van der Waals surface area contributed by atoms with Crippen LogP contribution in [0.25, 0.3) is 0 Å². The molecule has 0 aliphatic carbocycles. The van der Waals surface area contributed by atoms with E-state index < -0.39 is 27.1 Å². The minimum absolute atomic E-state index is 0.132. The molecule has 1 rings (SSSR count). The van der Waals surface area contributed by atoms with Crippen LogP contribution in [0.1, 0.15) is 10.4 Å². The molecule has 0 amide bonds. The third-order valence-electron chi connectivity index (χ3n) is 1.63. The third kappa shape index (κ3) is 2.02. The highest BCUT2D eigenvalue weighted by Gasteiger charge is 2.14. The average molecular weight is 216 g/mol. The Morgan fingerprint density at radius 3 is 2.36 bits per heavy atom. The highest BCUT2D eigenvalue weighted by atomic mass is 32.2. The van der Waals surface area contributed by atoms with E-state index in [1.807, 2.05) is 0 Å². The predicted molar refractivity (Wildman–Crippen MR) is 48.2 cm³/mol. The smallest absolute Gasteiger partial charge is 0.339 e. The highest BCUT2D eigenvalue weighted by Crippen LogP contribution is 2.20. The van der Waals surface area contributed by atoms with Crippen molar-refractivity contribution in [3.63, 3.8) is 0 Å². The van der Waals surface area contributed by atoms with Crippen LogP contribution in [0.15, 0.2) is 23.1 Å². The second-order valence-corrected chi connectivity index (χ2v) is 4.77. The van der Waals surface area contributed by atoms with Gasteiger partial charge in [0, 0.05) is 6.26 Å². The molecule has 1 aromatic carbocycles. The molecule has 0 aromatic heterocycles. The first kappa shape index (κ1) is 10.5. The van der Waals surface area contributed by atoms with E-state index in [2.05, 4.69) is 0 Å². The van der Waals surface area contributed by atoms with Crippen LogP contribution in [0.3, 0.4) is 0 Å². The number of aromatic hydroxyl groups is 1. The molecule has 0 fully saturated rings. The van der Waals surface area contributed by atoms with Crippen molar-refractivity contribution in [1.29, 1.82) is 0 Å². The van der Waals surface area contributed by atoms with Crippen LogP contribution in [0, 0.1) is 0 Å². The van der Waals surface area contributed by atoms with Crippen molar-refractivity contribution >= 4 is 15.8 Å². The number of carboxylic acids is 1. The van der Waals surface area contributed by atoms with E-state index in [0.717, 1.165) is 24.5 Å². The molecular formula is C8H8O5S. The molecule has 0 saturated carbocycles. The van der Waals surface area contributed by atoms with E-state index in [9.17, 15) is 13.2 Å². The minimum Gasteiger partial charge on any atom is -0.507 e. The second kappa shape index (κ2) is 3.30. The normalized spacial score (nSPS) is 11.2. The highest BCUT2D eigenvalue weighted by molar-refractivity contribution is 7.90. The Hall–Kier alpha value is -1.56. The molecule has 14 heavy (non-hydrogen) atoms. The van der Waals surface area contributed by atoms with Crippen molar-refractivity contribution < 1.29 is 23.4 Å². The molecule has 1 aromatic rings. The Kier molecular flexibility index (Phi) is 2.48. The quantitative estimate of drug-likeness (QED) is 0.750. The molecule has 5 nitrogen and oxygen atoms in total. The monoisotopic (exact) mass is 216 g/mol. The molecule has 0 bridgehead atoms. The molecule has 0 heterocycles. The lowest BCUT2D eigenvalue weighted by atomic mass is 10.2. The van der Waals surface area contributed by atoms with Crippen LogP contribution in [0.4, 0.5) is 0 Å². The number of hydrogen-bond donors (Lipinski definition) is 2. The molecule has 2 N–H and O–H groups in total. The zero-order valence-corrected chi connectivity index (χ0v) is 8.08. The van der Waals surface area contributed by atoms with Gasteiger partial charge in [-0.15, -0.1) is 0 Å². The molecule has 0 aliphatic rings.